The van der Waals surface area contributed by atoms with Crippen LogP contribution in [0.1, 0.15) is 17.7 Å². The zero-order valence-corrected chi connectivity index (χ0v) is 12.8. The van der Waals surface area contributed by atoms with Crippen LogP contribution >= 0.6 is 11.3 Å². The van der Waals surface area contributed by atoms with Gasteiger partial charge in [0.05, 0.1) is 11.4 Å². The van der Waals surface area contributed by atoms with E-state index in [1.807, 2.05) is 53.9 Å². The second-order valence-corrected chi connectivity index (χ2v) is 5.87. The first kappa shape index (κ1) is 14.5. The van der Waals surface area contributed by atoms with Crippen LogP contribution in [0.3, 0.4) is 0 Å². The second kappa shape index (κ2) is 7.04. The van der Waals surface area contributed by atoms with E-state index in [-0.39, 0.29) is 5.91 Å². The minimum atomic E-state index is 0.0181. The summed E-state index contributed by atoms with van der Waals surface area (Å²) in [5.74, 6) is 0.757. The first-order valence-corrected chi connectivity index (χ1v) is 7.99. The third kappa shape index (κ3) is 3.83. The molecular formula is C17H16N2O2S. The fourth-order valence-electron chi connectivity index (χ4n) is 2.11. The van der Waals surface area contributed by atoms with Crippen LogP contribution in [-0.2, 0) is 17.8 Å². The molecule has 3 aromatic rings. The van der Waals surface area contributed by atoms with Crippen LogP contribution in [0.15, 0.2) is 58.4 Å². The number of benzene rings is 1. The molecule has 0 radical (unpaired) electrons. The standard InChI is InChI=1S/C17H16N2O2S/c20-17(9-8-13-5-2-1-3-6-13)18-12-14-11-15(21-19-14)16-7-4-10-22-16/h1-7,10-11H,8-9,12H2,(H,18,20). The zero-order valence-electron chi connectivity index (χ0n) is 12.0. The number of aryl methyl sites for hydroxylation is 1. The van der Waals surface area contributed by atoms with Crippen molar-refractivity contribution in [3.63, 3.8) is 0 Å². The Morgan fingerprint density at radius 1 is 1.18 bits per heavy atom. The van der Waals surface area contributed by atoms with Gasteiger partial charge in [-0.15, -0.1) is 11.3 Å². The van der Waals surface area contributed by atoms with Gasteiger partial charge in [0.1, 0.15) is 5.69 Å². The van der Waals surface area contributed by atoms with Crippen molar-refractivity contribution in [3.05, 3.63) is 65.2 Å². The fraction of sp³-hybridized carbons (Fsp3) is 0.176. The van der Waals surface area contributed by atoms with E-state index >= 15 is 0 Å². The molecule has 2 aromatic heterocycles. The van der Waals surface area contributed by atoms with Crippen molar-refractivity contribution in [1.29, 1.82) is 0 Å². The van der Waals surface area contributed by atoms with Gasteiger partial charge >= 0.3 is 0 Å². The fourth-order valence-corrected chi connectivity index (χ4v) is 2.78. The Balaban J connectivity index is 1.47. The van der Waals surface area contributed by atoms with Crippen LogP contribution in [0.2, 0.25) is 0 Å². The van der Waals surface area contributed by atoms with Gasteiger partial charge < -0.3 is 9.84 Å². The number of hydrogen-bond donors (Lipinski definition) is 1. The molecule has 5 heteroatoms. The molecule has 0 aliphatic heterocycles. The smallest absolute Gasteiger partial charge is 0.220 e. The molecule has 22 heavy (non-hydrogen) atoms. The van der Waals surface area contributed by atoms with Gasteiger partial charge in [-0.05, 0) is 23.4 Å². The monoisotopic (exact) mass is 312 g/mol. The molecule has 0 saturated carbocycles. The highest BCUT2D eigenvalue weighted by Crippen LogP contribution is 2.24. The highest BCUT2D eigenvalue weighted by Gasteiger charge is 2.09. The lowest BCUT2D eigenvalue weighted by molar-refractivity contribution is -0.121. The van der Waals surface area contributed by atoms with Crippen molar-refractivity contribution < 1.29 is 9.32 Å². The van der Waals surface area contributed by atoms with Crippen LogP contribution in [0, 0.1) is 0 Å². The first-order valence-electron chi connectivity index (χ1n) is 7.11. The Morgan fingerprint density at radius 2 is 2.05 bits per heavy atom. The third-order valence-electron chi connectivity index (χ3n) is 3.27. The molecule has 1 aromatic carbocycles. The summed E-state index contributed by atoms with van der Waals surface area (Å²) in [5, 5.41) is 8.84. The van der Waals surface area contributed by atoms with Crippen molar-refractivity contribution in [3.8, 4) is 10.6 Å². The van der Waals surface area contributed by atoms with Crippen LogP contribution in [0.5, 0.6) is 0 Å². The van der Waals surface area contributed by atoms with Gasteiger partial charge in [0.15, 0.2) is 5.76 Å². The van der Waals surface area contributed by atoms with Gasteiger partial charge in [-0.3, -0.25) is 4.79 Å². The van der Waals surface area contributed by atoms with Crippen molar-refractivity contribution in [2.24, 2.45) is 0 Å². The molecule has 0 unspecified atom stereocenters. The number of rotatable bonds is 6. The minimum absolute atomic E-state index is 0.0181. The van der Waals surface area contributed by atoms with Crippen LogP contribution in [-0.4, -0.2) is 11.1 Å². The Bertz CT molecular complexity index is 720. The number of thiophene rings is 1. The quantitative estimate of drug-likeness (QED) is 0.756. The molecule has 112 valence electrons. The van der Waals surface area contributed by atoms with Gasteiger partial charge in [0.2, 0.25) is 5.91 Å². The molecule has 3 rings (SSSR count). The van der Waals surface area contributed by atoms with E-state index in [9.17, 15) is 4.79 Å². The van der Waals surface area contributed by atoms with Gasteiger partial charge in [0.25, 0.3) is 0 Å². The number of nitrogens with one attached hydrogen (secondary N) is 1. The topological polar surface area (TPSA) is 55.1 Å². The summed E-state index contributed by atoms with van der Waals surface area (Å²) in [4.78, 5) is 12.9. The predicted molar refractivity (Wildman–Crippen MR) is 86.4 cm³/mol. The summed E-state index contributed by atoms with van der Waals surface area (Å²) in [6, 6.07) is 15.8. The van der Waals surface area contributed by atoms with E-state index in [1.54, 1.807) is 11.3 Å². The normalized spacial score (nSPS) is 10.5. The van der Waals surface area contributed by atoms with E-state index < -0.39 is 0 Å². The molecule has 1 amide bonds. The molecule has 0 fully saturated rings. The summed E-state index contributed by atoms with van der Waals surface area (Å²) in [6.07, 6.45) is 1.21. The molecule has 0 aliphatic rings. The summed E-state index contributed by atoms with van der Waals surface area (Å²) in [6.45, 7) is 0.391. The molecule has 0 saturated heterocycles. The molecule has 0 spiro atoms. The summed E-state index contributed by atoms with van der Waals surface area (Å²) in [7, 11) is 0. The molecule has 0 bridgehead atoms. The highest BCUT2D eigenvalue weighted by atomic mass is 32.1. The minimum Gasteiger partial charge on any atom is -0.355 e. The predicted octanol–water partition coefficient (Wildman–Crippen LogP) is 3.65. The summed E-state index contributed by atoms with van der Waals surface area (Å²) in [5.41, 5.74) is 1.90. The van der Waals surface area contributed by atoms with Gasteiger partial charge in [-0.1, -0.05) is 41.6 Å². The molecule has 1 N–H and O–H groups in total. The van der Waals surface area contributed by atoms with E-state index in [2.05, 4.69) is 10.5 Å². The molecule has 4 nitrogen and oxygen atoms in total. The molecule has 0 aliphatic carbocycles. The average molecular weight is 312 g/mol. The Kier molecular flexibility index (Phi) is 4.65. The Labute approximate surface area is 132 Å². The third-order valence-corrected chi connectivity index (χ3v) is 4.16. The van der Waals surface area contributed by atoms with E-state index in [0.717, 1.165) is 22.8 Å². The number of amides is 1. The van der Waals surface area contributed by atoms with E-state index in [0.29, 0.717) is 13.0 Å². The number of carbonyl (C=O) groups excluding carboxylic acids is 1. The van der Waals surface area contributed by atoms with E-state index in [4.69, 9.17) is 4.52 Å². The van der Waals surface area contributed by atoms with Crippen molar-refractivity contribution in [2.75, 3.05) is 0 Å². The van der Waals surface area contributed by atoms with Gasteiger partial charge in [-0.2, -0.15) is 0 Å². The first-order chi connectivity index (χ1) is 10.8. The molecule has 2 heterocycles. The second-order valence-electron chi connectivity index (χ2n) is 4.92. The Morgan fingerprint density at radius 3 is 2.82 bits per heavy atom. The highest BCUT2D eigenvalue weighted by molar-refractivity contribution is 7.13. The molecule has 0 atom stereocenters. The number of aromatic nitrogens is 1. The Hall–Kier alpha value is -2.40. The lowest BCUT2D eigenvalue weighted by Gasteiger charge is -2.03. The van der Waals surface area contributed by atoms with Crippen LogP contribution < -0.4 is 5.32 Å². The summed E-state index contributed by atoms with van der Waals surface area (Å²) >= 11 is 1.60. The van der Waals surface area contributed by atoms with Gasteiger partial charge in [-0.25, -0.2) is 0 Å². The van der Waals surface area contributed by atoms with Gasteiger partial charge in [0, 0.05) is 12.5 Å². The number of nitrogens with zero attached hydrogens (tertiary/aromatic N) is 1. The largest absolute Gasteiger partial charge is 0.355 e. The number of hydrogen-bond acceptors (Lipinski definition) is 4. The average Bonchev–Trinajstić information content (AvgIpc) is 3.22. The van der Waals surface area contributed by atoms with Crippen molar-refractivity contribution in [1.82, 2.24) is 10.5 Å². The lowest BCUT2D eigenvalue weighted by Crippen LogP contribution is -2.23. The molecular weight excluding hydrogens is 296 g/mol. The lowest BCUT2D eigenvalue weighted by atomic mass is 10.1. The van der Waals surface area contributed by atoms with Crippen LogP contribution in [0.4, 0.5) is 0 Å². The van der Waals surface area contributed by atoms with E-state index in [1.165, 1.54) is 5.56 Å². The van der Waals surface area contributed by atoms with Crippen LogP contribution in [0.25, 0.3) is 10.6 Å². The number of carbonyl (C=O) groups is 1. The maximum absolute atomic E-state index is 11.9. The maximum atomic E-state index is 11.9. The summed E-state index contributed by atoms with van der Waals surface area (Å²) < 4.78 is 5.28. The van der Waals surface area contributed by atoms with Crippen molar-refractivity contribution in [2.45, 2.75) is 19.4 Å². The zero-order chi connectivity index (χ0) is 15.2. The van der Waals surface area contributed by atoms with Crippen molar-refractivity contribution >= 4 is 17.2 Å². The SMILES string of the molecule is O=C(CCc1ccccc1)NCc1cc(-c2cccs2)on1. The maximum Gasteiger partial charge on any atom is 0.220 e.